The molecule has 0 fully saturated rings. The van der Waals surface area contributed by atoms with E-state index >= 15 is 0 Å². The van der Waals surface area contributed by atoms with Crippen molar-refractivity contribution in [2.45, 2.75) is 31.6 Å². The Morgan fingerprint density at radius 3 is 2.76 bits per heavy atom. The van der Waals surface area contributed by atoms with E-state index in [1.54, 1.807) is 7.11 Å². The van der Waals surface area contributed by atoms with E-state index in [0.717, 1.165) is 16.9 Å². The van der Waals surface area contributed by atoms with Crippen molar-refractivity contribution in [1.29, 1.82) is 0 Å². The Hall–Kier alpha value is -1.22. The maximum Gasteiger partial charge on any atom is 0.303 e. The molecule has 1 aromatic rings. The topological polar surface area (TPSA) is 46.5 Å². The minimum Gasteiger partial charge on any atom is -0.496 e. The van der Waals surface area contributed by atoms with Crippen LogP contribution < -0.4 is 4.74 Å². The van der Waals surface area contributed by atoms with Crippen LogP contribution in [0.1, 0.15) is 35.8 Å². The van der Waals surface area contributed by atoms with Gasteiger partial charge in [-0.1, -0.05) is 12.1 Å². The Morgan fingerprint density at radius 2 is 2.24 bits per heavy atom. The molecule has 0 spiro atoms. The summed E-state index contributed by atoms with van der Waals surface area (Å²) in [6.07, 6.45) is 1.42. The second-order valence-corrected chi connectivity index (χ2v) is 4.51. The van der Waals surface area contributed by atoms with E-state index in [9.17, 15) is 4.79 Å². The number of hydrogen-bond acceptors (Lipinski definition) is 2. The summed E-state index contributed by atoms with van der Waals surface area (Å²) in [5.41, 5.74) is 2.05. The molecule has 17 heavy (non-hydrogen) atoms. The van der Waals surface area contributed by atoms with Crippen LogP contribution in [0.25, 0.3) is 0 Å². The number of benzene rings is 1. The molecule has 0 aliphatic rings. The van der Waals surface area contributed by atoms with E-state index in [0.29, 0.717) is 12.8 Å². The first kappa shape index (κ1) is 13.8. The second-order valence-electron chi connectivity index (χ2n) is 3.98. The average molecular weight is 257 g/mol. The lowest BCUT2D eigenvalue weighted by atomic mass is 10.0. The highest BCUT2D eigenvalue weighted by atomic mass is 35.5. The molecular weight excluding hydrogens is 240 g/mol. The van der Waals surface area contributed by atoms with Crippen LogP contribution in [-0.4, -0.2) is 18.2 Å². The van der Waals surface area contributed by atoms with Crippen molar-refractivity contribution in [2.24, 2.45) is 0 Å². The number of carboxylic acid groups (broad SMARTS) is 1. The van der Waals surface area contributed by atoms with Crippen LogP contribution in [0.2, 0.25) is 0 Å². The van der Waals surface area contributed by atoms with Gasteiger partial charge in [0.05, 0.1) is 12.5 Å². The SMILES string of the molecule is COc1ccc(C(Cl)CCCC(=O)O)cc1C. The number of halogens is 1. The van der Waals surface area contributed by atoms with E-state index in [1.165, 1.54) is 0 Å². The van der Waals surface area contributed by atoms with Crippen molar-refractivity contribution in [3.8, 4) is 5.75 Å². The molecular formula is C13H17ClO3. The highest BCUT2D eigenvalue weighted by molar-refractivity contribution is 6.20. The van der Waals surface area contributed by atoms with Gasteiger partial charge in [0.15, 0.2) is 0 Å². The molecule has 0 saturated heterocycles. The minimum atomic E-state index is -0.778. The fourth-order valence-corrected chi connectivity index (χ4v) is 1.99. The molecule has 94 valence electrons. The van der Waals surface area contributed by atoms with Gasteiger partial charge in [0.2, 0.25) is 0 Å². The predicted molar refractivity (Wildman–Crippen MR) is 67.8 cm³/mol. The fraction of sp³-hybridized carbons (Fsp3) is 0.462. The van der Waals surface area contributed by atoms with Crippen LogP contribution in [0.15, 0.2) is 18.2 Å². The highest BCUT2D eigenvalue weighted by Gasteiger charge is 2.10. The van der Waals surface area contributed by atoms with Gasteiger partial charge in [0.1, 0.15) is 5.75 Å². The molecule has 0 bridgehead atoms. The summed E-state index contributed by atoms with van der Waals surface area (Å²) in [5.74, 6) is 0.0583. The van der Waals surface area contributed by atoms with E-state index in [-0.39, 0.29) is 11.8 Å². The summed E-state index contributed by atoms with van der Waals surface area (Å²) in [4.78, 5) is 10.4. The lowest BCUT2D eigenvalue weighted by molar-refractivity contribution is -0.137. The van der Waals surface area contributed by atoms with Crippen LogP contribution in [-0.2, 0) is 4.79 Å². The lowest BCUT2D eigenvalue weighted by Crippen LogP contribution is -1.97. The van der Waals surface area contributed by atoms with E-state index < -0.39 is 5.97 Å². The lowest BCUT2D eigenvalue weighted by Gasteiger charge is -2.12. The molecule has 0 amide bonds. The molecule has 0 aliphatic heterocycles. The molecule has 0 aliphatic carbocycles. The van der Waals surface area contributed by atoms with Crippen LogP contribution in [0.4, 0.5) is 0 Å². The zero-order chi connectivity index (χ0) is 12.8. The Labute approximate surface area is 106 Å². The Kier molecular flexibility index (Phi) is 5.29. The number of hydrogen-bond donors (Lipinski definition) is 1. The molecule has 3 nitrogen and oxygen atoms in total. The van der Waals surface area contributed by atoms with Gasteiger partial charge in [-0.2, -0.15) is 0 Å². The molecule has 1 atom stereocenters. The number of carbonyl (C=O) groups is 1. The van der Waals surface area contributed by atoms with Gasteiger partial charge in [0.25, 0.3) is 0 Å². The predicted octanol–water partition coefficient (Wildman–Crippen LogP) is 3.54. The number of ether oxygens (including phenoxy) is 1. The Bertz CT molecular complexity index is 390. The summed E-state index contributed by atoms with van der Waals surface area (Å²) in [6.45, 7) is 1.96. The largest absolute Gasteiger partial charge is 0.496 e. The number of aryl methyl sites for hydroxylation is 1. The van der Waals surface area contributed by atoms with Crippen LogP contribution >= 0.6 is 11.6 Å². The minimum absolute atomic E-state index is 0.140. The maximum absolute atomic E-state index is 10.4. The second kappa shape index (κ2) is 6.50. The summed E-state index contributed by atoms with van der Waals surface area (Å²) in [5, 5.41) is 8.41. The van der Waals surface area contributed by atoms with Crippen molar-refractivity contribution in [3.05, 3.63) is 29.3 Å². The third-order valence-electron chi connectivity index (χ3n) is 2.63. The first-order chi connectivity index (χ1) is 8.04. The van der Waals surface area contributed by atoms with Crippen molar-refractivity contribution in [1.82, 2.24) is 0 Å². The van der Waals surface area contributed by atoms with Gasteiger partial charge >= 0.3 is 5.97 Å². The zero-order valence-corrected chi connectivity index (χ0v) is 10.8. The first-order valence-electron chi connectivity index (χ1n) is 5.55. The van der Waals surface area contributed by atoms with Crippen molar-refractivity contribution in [3.63, 3.8) is 0 Å². The molecule has 1 rings (SSSR count). The summed E-state index contributed by atoms with van der Waals surface area (Å²) in [7, 11) is 1.63. The van der Waals surface area contributed by atoms with Gasteiger partial charge in [-0.05, 0) is 37.0 Å². The quantitative estimate of drug-likeness (QED) is 0.792. The van der Waals surface area contributed by atoms with Gasteiger partial charge in [-0.3, -0.25) is 4.79 Å². The van der Waals surface area contributed by atoms with Gasteiger partial charge < -0.3 is 9.84 Å². The summed E-state index contributed by atoms with van der Waals surface area (Å²) < 4.78 is 5.17. The molecule has 0 saturated carbocycles. The third kappa shape index (κ3) is 4.27. The number of rotatable bonds is 6. The molecule has 1 unspecified atom stereocenters. The van der Waals surface area contributed by atoms with E-state index in [1.807, 2.05) is 25.1 Å². The maximum atomic E-state index is 10.4. The van der Waals surface area contributed by atoms with Crippen molar-refractivity contribution >= 4 is 17.6 Å². The van der Waals surface area contributed by atoms with Gasteiger partial charge in [-0.25, -0.2) is 0 Å². The fourth-order valence-electron chi connectivity index (χ4n) is 1.70. The number of methoxy groups -OCH3 is 1. The van der Waals surface area contributed by atoms with Crippen molar-refractivity contribution in [2.75, 3.05) is 7.11 Å². The molecule has 0 aromatic heterocycles. The van der Waals surface area contributed by atoms with Gasteiger partial charge in [-0.15, -0.1) is 11.6 Å². The number of alkyl halides is 1. The highest BCUT2D eigenvalue weighted by Crippen LogP contribution is 2.29. The van der Waals surface area contributed by atoms with Crippen molar-refractivity contribution < 1.29 is 14.6 Å². The summed E-state index contributed by atoms with van der Waals surface area (Å²) in [6, 6.07) is 5.79. The smallest absolute Gasteiger partial charge is 0.303 e. The van der Waals surface area contributed by atoms with E-state index in [4.69, 9.17) is 21.4 Å². The number of aliphatic carboxylic acids is 1. The molecule has 0 heterocycles. The first-order valence-corrected chi connectivity index (χ1v) is 5.98. The standard InChI is InChI=1S/C13H17ClO3/c1-9-8-10(6-7-12(9)17-2)11(14)4-3-5-13(15)16/h6-8,11H,3-5H2,1-2H3,(H,15,16). The van der Waals surface area contributed by atoms with E-state index in [2.05, 4.69) is 0 Å². The molecule has 4 heteroatoms. The average Bonchev–Trinajstić information content (AvgIpc) is 2.28. The monoisotopic (exact) mass is 256 g/mol. The van der Waals surface area contributed by atoms with Crippen LogP contribution in [0, 0.1) is 6.92 Å². The molecule has 1 N–H and O–H groups in total. The van der Waals surface area contributed by atoms with Crippen LogP contribution in [0.5, 0.6) is 5.75 Å². The Balaban J connectivity index is 2.59. The summed E-state index contributed by atoms with van der Waals surface area (Å²) >= 11 is 6.22. The van der Waals surface area contributed by atoms with Gasteiger partial charge in [0, 0.05) is 6.42 Å². The third-order valence-corrected chi connectivity index (χ3v) is 3.10. The molecule has 0 radical (unpaired) electrons. The molecule has 1 aromatic carbocycles. The number of carboxylic acids is 1. The van der Waals surface area contributed by atoms with Crippen LogP contribution in [0.3, 0.4) is 0 Å². The Morgan fingerprint density at radius 1 is 1.53 bits per heavy atom. The normalized spacial score (nSPS) is 12.2. The zero-order valence-electron chi connectivity index (χ0n) is 10.1.